The highest BCUT2D eigenvalue weighted by Gasteiger charge is 2.06. The molecule has 0 saturated carbocycles. The van der Waals surface area contributed by atoms with Gasteiger partial charge in [0.15, 0.2) is 0 Å². The number of hydrogen-bond acceptors (Lipinski definition) is 4. The van der Waals surface area contributed by atoms with Crippen LogP contribution in [0.3, 0.4) is 0 Å². The molecule has 106 valence electrons. The Balaban J connectivity index is 2.04. The van der Waals surface area contributed by atoms with E-state index in [1.165, 1.54) is 0 Å². The summed E-state index contributed by atoms with van der Waals surface area (Å²) in [4.78, 5) is 4.19. The number of nitrogens with zero attached hydrogens (tertiary/aromatic N) is 1. The molecule has 0 radical (unpaired) electrons. The van der Waals surface area contributed by atoms with Crippen molar-refractivity contribution in [3.8, 4) is 5.75 Å². The van der Waals surface area contributed by atoms with E-state index in [1.807, 2.05) is 49.5 Å². The van der Waals surface area contributed by atoms with Crippen LogP contribution in [0.5, 0.6) is 5.75 Å². The normalized spacial score (nSPS) is 10.6. The molecule has 0 atom stereocenters. The maximum Gasteiger partial charge on any atom is 0.119 e. The van der Waals surface area contributed by atoms with Gasteiger partial charge >= 0.3 is 0 Å². The van der Waals surface area contributed by atoms with Crippen molar-refractivity contribution in [1.82, 2.24) is 4.98 Å². The van der Waals surface area contributed by atoms with E-state index in [0.717, 1.165) is 39.1 Å². The van der Waals surface area contributed by atoms with Crippen molar-refractivity contribution >= 4 is 27.8 Å². The maximum absolute atomic E-state index is 6.01. The van der Waals surface area contributed by atoms with E-state index in [9.17, 15) is 0 Å². The van der Waals surface area contributed by atoms with Crippen molar-refractivity contribution < 1.29 is 4.74 Å². The number of nitrogen functional groups attached to an aromatic ring is 1. The first-order valence-electron chi connectivity index (χ1n) is 6.73. The molecule has 0 bridgehead atoms. The van der Waals surface area contributed by atoms with Crippen molar-refractivity contribution in [3.63, 3.8) is 0 Å². The lowest BCUT2D eigenvalue weighted by Crippen LogP contribution is -1.97. The van der Waals surface area contributed by atoms with Crippen LogP contribution >= 0.6 is 0 Å². The monoisotopic (exact) mass is 279 g/mol. The minimum atomic E-state index is 0.754. The molecular formula is C17H17N3O. The topological polar surface area (TPSA) is 60.2 Å². The molecule has 3 N–H and O–H groups in total. The average Bonchev–Trinajstić information content (AvgIpc) is 2.52. The third kappa shape index (κ3) is 2.48. The zero-order chi connectivity index (χ0) is 14.8. The fourth-order valence-corrected chi connectivity index (χ4v) is 2.37. The molecule has 0 aliphatic rings. The van der Waals surface area contributed by atoms with Crippen LogP contribution in [0.4, 0.5) is 17.1 Å². The van der Waals surface area contributed by atoms with Gasteiger partial charge < -0.3 is 15.8 Å². The van der Waals surface area contributed by atoms with E-state index in [4.69, 9.17) is 10.5 Å². The summed E-state index contributed by atoms with van der Waals surface area (Å²) in [7, 11) is 1.67. The SMILES string of the molecule is COc1ccc(Nc2ccc(N)c3ccncc23)c(C)c1. The number of nitrogens with two attached hydrogens (primary N) is 1. The van der Waals surface area contributed by atoms with E-state index in [2.05, 4.69) is 10.3 Å². The predicted octanol–water partition coefficient (Wildman–Crippen LogP) is 3.88. The van der Waals surface area contributed by atoms with Gasteiger partial charge in [-0.25, -0.2) is 0 Å². The van der Waals surface area contributed by atoms with Crippen LogP contribution in [0, 0.1) is 6.92 Å². The van der Waals surface area contributed by atoms with Gasteiger partial charge in [-0.1, -0.05) is 0 Å². The number of hydrogen-bond donors (Lipinski definition) is 2. The number of benzene rings is 2. The van der Waals surface area contributed by atoms with Gasteiger partial charge in [-0.2, -0.15) is 0 Å². The molecule has 21 heavy (non-hydrogen) atoms. The molecule has 0 fully saturated rings. The molecule has 0 aliphatic heterocycles. The second-order valence-electron chi connectivity index (χ2n) is 4.93. The Bertz CT molecular complexity index is 799. The number of pyridine rings is 1. The minimum Gasteiger partial charge on any atom is -0.497 e. The lowest BCUT2D eigenvalue weighted by atomic mass is 10.1. The second-order valence-corrected chi connectivity index (χ2v) is 4.93. The third-order valence-corrected chi connectivity index (χ3v) is 3.55. The third-order valence-electron chi connectivity index (χ3n) is 3.55. The van der Waals surface area contributed by atoms with E-state index in [1.54, 1.807) is 13.3 Å². The quantitative estimate of drug-likeness (QED) is 0.714. The molecular weight excluding hydrogens is 262 g/mol. The summed E-state index contributed by atoms with van der Waals surface area (Å²) in [6.45, 7) is 2.04. The Kier molecular flexibility index (Phi) is 3.36. The van der Waals surface area contributed by atoms with Gasteiger partial charge in [0.25, 0.3) is 0 Å². The van der Waals surface area contributed by atoms with Gasteiger partial charge in [0, 0.05) is 40.2 Å². The fraction of sp³-hybridized carbons (Fsp3) is 0.118. The predicted molar refractivity (Wildman–Crippen MR) is 87.2 cm³/mol. The molecule has 2 aromatic carbocycles. The van der Waals surface area contributed by atoms with E-state index in [0.29, 0.717) is 0 Å². The zero-order valence-corrected chi connectivity index (χ0v) is 12.1. The first-order valence-corrected chi connectivity index (χ1v) is 6.73. The Morgan fingerprint density at radius 3 is 2.62 bits per heavy atom. The van der Waals surface area contributed by atoms with Crippen LogP contribution in [-0.2, 0) is 0 Å². The first-order chi connectivity index (χ1) is 10.2. The lowest BCUT2D eigenvalue weighted by Gasteiger charge is -2.13. The summed E-state index contributed by atoms with van der Waals surface area (Å²) < 4.78 is 5.23. The van der Waals surface area contributed by atoms with Crippen LogP contribution in [0.2, 0.25) is 0 Å². The molecule has 4 heteroatoms. The smallest absolute Gasteiger partial charge is 0.119 e. The number of anilines is 3. The van der Waals surface area contributed by atoms with Gasteiger partial charge in [0.05, 0.1) is 7.11 Å². The number of nitrogens with one attached hydrogen (secondary N) is 1. The molecule has 0 spiro atoms. The molecule has 0 saturated heterocycles. The number of aryl methyl sites for hydroxylation is 1. The second kappa shape index (κ2) is 5.32. The number of ether oxygens (including phenoxy) is 1. The van der Waals surface area contributed by atoms with Crippen LogP contribution in [0.25, 0.3) is 10.8 Å². The molecule has 0 amide bonds. The summed E-state index contributed by atoms with van der Waals surface area (Å²) in [5.74, 6) is 0.849. The molecule has 0 unspecified atom stereocenters. The van der Waals surface area contributed by atoms with Crippen molar-refractivity contribution in [2.45, 2.75) is 6.92 Å². The summed E-state index contributed by atoms with van der Waals surface area (Å²) in [5, 5.41) is 5.45. The lowest BCUT2D eigenvalue weighted by molar-refractivity contribution is 0.414. The largest absolute Gasteiger partial charge is 0.497 e. The molecule has 4 nitrogen and oxygen atoms in total. The number of methoxy groups -OCH3 is 1. The Morgan fingerprint density at radius 1 is 1.05 bits per heavy atom. The molecule has 0 aliphatic carbocycles. The molecule has 3 aromatic rings. The highest BCUT2D eigenvalue weighted by Crippen LogP contribution is 2.31. The first kappa shape index (κ1) is 13.2. The highest BCUT2D eigenvalue weighted by atomic mass is 16.5. The van der Waals surface area contributed by atoms with Crippen molar-refractivity contribution in [1.29, 1.82) is 0 Å². The van der Waals surface area contributed by atoms with Crippen molar-refractivity contribution in [2.24, 2.45) is 0 Å². The molecule has 3 rings (SSSR count). The van der Waals surface area contributed by atoms with Crippen molar-refractivity contribution in [2.75, 3.05) is 18.2 Å². The Labute approximate surface area is 123 Å². The van der Waals surface area contributed by atoms with Crippen LogP contribution in [0.15, 0.2) is 48.8 Å². The van der Waals surface area contributed by atoms with E-state index >= 15 is 0 Å². The summed E-state index contributed by atoms with van der Waals surface area (Å²) in [5.41, 5.74) is 9.90. The van der Waals surface area contributed by atoms with Gasteiger partial charge in [0.1, 0.15) is 5.75 Å². The van der Waals surface area contributed by atoms with E-state index < -0.39 is 0 Å². The zero-order valence-electron chi connectivity index (χ0n) is 12.1. The summed E-state index contributed by atoms with van der Waals surface area (Å²) >= 11 is 0. The van der Waals surface area contributed by atoms with Crippen LogP contribution < -0.4 is 15.8 Å². The maximum atomic E-state index is 6.01. The fourth-order valence-electron chi connectivity index (χ4n) is 2.37. The molecule has 1 aromatic heterocycles. The Morgan fingerprint density at radius 2 is 1.86 bits per heavy atom. The summed E-state index contributed by atoms with van der Waals surface area (Å²) in [6, 6.07) is 11.8. The minimum absolute atomic E-state index is 0.754. The van der Waals surface area contributed by atoms with Gasteiger partial charge in [-0.15, -0.1) is 0 Å². The number of fused-ring (bicyclic) bond motifs is 1. The standard InChI is InChI=1S/C17H17N3O/c1-11-9-12(21-2)3-5-16(11)20-17-6-4-15(18)13-7-8-19-10-14(13)17/h3-10,20H,18H2,1-2H3. The highest BCUT2D eigenvalue weighted by molar-refractivity contribution is 6.01. The van der Waals surface area contributed by atoms with Crippen molar-refractivity contribution in [3.05, 3.63) is 54.4 Å². The summed E-state index contributed by atoms with van der Waals surface area (Å²) in [6.07, 6.45) is 3.58. The van der Waals surface area contributed by atoms with E-state index in [-0.39, 0.29) is 0 Å². The number of aromatic nitrogens is 1. The average molecular weight is 279 g/mol. The number of rotatable bonds is 3. The van der Waals surface area contributed by atoms with Crippen LogP contribution in [0.1, 0.15) is 5.56 Å². The van der Waals surface area contributed by atoms with Crippen LogP contribution in [-0.4, -0.2) is 12.1 Å². The Hall–Kier alpha value is -2.75. The van der Waals surface area contributed by atoms with Gasteiger partial charge in [-0.05, 0) is 48.9 Å². The molecule has 1 heterocycles. The van der Waals surface area contributed by atoms with Gasteiger partial charge in [-0.3, -0.25) is 4.98 Å². The van der Waals surface area contributed by atoms with Gasteiger partial charge in [0.2, 0.25) is 0 Å².